The number of hydrogen-bond donors (Lipinski definition) is 2. The van der Waals surface area contributed by atoms with Crippen LogP contribution in [-0.4, -0.2) is 28.1 Å². The molecule has 2 saturated carbocycles. The van der Waals surface area contributed by atoms with Gasteiger partial charge in [-0.25, -0.2) is 4.98 Å². The number of hydrogen-bond acceptors (Lipinski definition) is 4. The van der Waals surface area contributed by atoms with Crippen molar-refractivity contribution in [2.45, 2.75) is 44.1 Å². The first-order chi connectivity index (χ1) is 8.64. The molecule has 0 saturated heterocycles. The molecule has 1 amide bonds. The van der Waals surface area contributed by atoms with E-state index in [-0.39, 0.29) is 12.5 Å². The zero-order chi connectivity index (χ0) is 12.8. The first-order valence-corrected chi connectivity index (χ1v) is 7.39. The number of carbonyl (C=O) groups excluding carboxylic acids is 1. The number of amides is 1. The predicted molar refractivity (Wildman–Crippen MR) is 69.8 cm³/mol. The van der Waals surface area contributed by atoms with Crippen LogP contribution in [0.4, 0.5) is 0 Å². The van der Waals surface area contributed by atoms with Crippen LogP contribution in [0.25, 0.3) is 0 Å². The predicted octanol–water partition coefficient (Wildman–Crippen LogP) is 1.91. The third-order valence-electron chi connectivity index (χ3n) is 3.97. The van der Waals surface area contributed by atoms with Gasteiger partial charge in [0, 0.05) is 5.92 Å². The van der Waals surface area contributed by atoms with Gasteiger partial charge in [-0.05, 0) is 38.5 Å². The van der Waals surface area contributed by atoms with Gasteiger partial charge < -0.3 is 10.4 Å². The van der Waals surface area contributed by atoms with E-state index >= 15 is 0 Å². The lowest BCUT2D eigenvalue weighted by Gasteiger charge is -2.28. The van der Waals surface area contributed by atoms with E-state index in [9.17, 15) is 9.90 Å². The summed E-state index contributed by atoms with van der Waals surface area (Å²) < 4.78 is 0. The Balaban J connectivity index is 1.75. The Hall–Kier alpha value is -0.940. The number of thiazole rings is 1. The molecule has 2 N–H and O–H groups in total. The first-order valence-electron chi connectivity index (χ1n) is 6.51. The van der Waals surface area contributed by atoms with Gasteiger partial charge >= 0.3 is 0 Å². The van der Waals surface area contributed by atoms with E-state index in [0.29, 0.717) is 11.8 Å². The Morgan fingerprint density at radius 1 is 1.56 bits per heavy atom. The van der Waals surface area contributed by atoms with Gasteiger partial charge in [0.15, 0.2) is 0 Å². The highest BCUT2D eigenvalue weighted by atomic mass is 32.1. The van der Waals surface area contributed by atoms with Gasteiger partial charge in [-0.2, -0.15) is 0 Å². The summed E-state index contributed by atoms with van der Waals surface area (Å²) in [5, 5.41) is 12.5. The van der Waals surface area contributed by atoms with Crippen LogP contribution in [0.3, 0.4) is 0 Å². The molecule has 1 unspecified atom stereocenters. The summed E-state index contributed by atoms with van der Waals surface area (Å²) in [5.74, 6) is 0.838. The normalized spacial score (nSPS) is 22.6. The molecule has 0 radical (unpaired) electrons. The summed E-state index contributed by atoms with van der Waals surface area (Å²) in [6, 6.07) is 0. The van der Waals surface area contributed by atoms with Crippen LogP contribution >= 0.6 is 11.3 Å². The Bertz CT molecular complexity index is 465. The lowest BCUT2D eigenvalue weighted by Crippen LogP contribution is -2.50. The second kappa shape index (κ2) is 4.31. The van der Waals surface area contributed by atoms with E-state index in [0.717, 1.165) is 36.3 Å². The van der Waals surface area contributed by atoms with Crippen molar-refractivity contribution >= 4 is 17.2 Å². The number of rotatable bonds is 5. The van der Waals surface area contributed by atoms with Crippen molar-refractivity contribution in [1.29, 1.82) is 0 Å². The number of nitrogens with one attached hydrogen (secondary N) is 1. The minimum absolute atomic E-state index is 0.000965. The number of aliphatic hydroxyl groups excluding tert-OH is 1. The Kier molecular flexibility index (Phi) is 2.90. The summed E-state index contributed by atoms with van der Waals surface area (Å²) in [7, 11) is 0. The van der Waals surface area contributed by atoms with Gasteiger partial charge in [-0.15, -0.1) is 11.3 Å². The average molecular weight is 266 g/mol. The van der Waals surface area contributed by atoms with Crippen LogP contribution in [0, 0.1) is 5.92 Å². The quantitative estimate of drug-likeness (QED) is 0.855. The van der Waals surface area contributed by atoms with Crippen molar-refractivity contribution in [3.63, 3.8) is 0 Å². The minimum atomic E-state index is -0.470. The molecule has 4 nitrogen and oxygen atoms in total. The van der Waals surface area contributed by atoms with Gasteiger partial charge in [0.05, 0.1) is 23.4 Å². The van der Waals surface area contributed by atoms with Gasteiger partial charge in [-0.1, -0.05) is 0 Å². The second-order valence-corrected chi connectivity index (χ2v) is 6.50. The Labute approximate surface area is 110 Å². The molecule has 1 aromatic rings. The van der Waals surface area contributed by atoms with Crippen molar-refractivity contribution < 1.29 is 9.90 Å². The van der Waals surface area contributed by atoms with E-state index in [1.165, 1.54) is 11.3 Å². The van der Waals surface area contributed by atoms with Crippen molar-refractivity contribution in [3.05, 3.63) is 16.1 Å². The fourth-order valence-corrected chi connectivity index (χ4v) is 3.15. The summed E-state index contributed by atoms with van der Waals surface area (Å²) in [6.45, 7) is 1.93. The van der Waals surface area contributed by atoms with Crippen LogP contribution in [0.1, 0.15) is 53.9 Å². The molecule has 1 aromatic heterocycles. The highest BCUT2D eigenvalue weighted by Gasteiger charge is 2.43. The molecular formula is C13H18N2O2S. The number of aliphatic hydroxyl groups is 1. The van der Waals surface area contributed by atoms with Crippen LogP contribution in [0.15, 0.2) is 5.51 Å². The van der Waals surface area contributed by atoms with Crippen molar-refractivity contribution in [2.75, 3.05) is 6.61 Å². The van der Waals surface area contributed by atoms with Gasteiger partial charge in [0.1, 0.15) is 4.88 Å². The minimum Gasteiger partial charge on any atom is -0.394 e. The number of carbonyl (C=O) groups is 1. The molecule has 0 aliphatic heterocycles. The monoisotopic (exact) mass is 266 g/mol. The topological polar surface area (TPSA) is 62.2 Å². The van der Waals surface area contributed by atoms with E-state index in [2.05, 4.69) is 10.3 Å². The smallest absolute Gasteiger partial charge is 0.263 e. The van der Waals surface area contributed by atoms with E-state index < -0.39 is 5.54 Å². The van der Waals surface area contributed by atoms with Crippen molar-refractivity contribution in [2.24, 2.45) is 5.92 Å². The lowest BCUT2D eigenvalue weighted by molar-refractivity contribution is 0.0827. The second-order valence-electron chi connectivity index (χ2n) is 5.64. The van der Waals surface area contributed by atoms with Crippen LogP contribution in [0.5, 0.6) is 0 Å². The molecule has 1 atom stereocenters. The highest BCUT2D eigenvalue weighted by Crippen LogP contribution is 2.43. The third kappa shape index (κ3) is 2.17. The molecule has 2 aliphatic carbocycles. The molecule has 0 aromatic carbocycles. The average Bonchev–Trinajstić information content (AvgIpc) is 3.26. The maximum absolute atomic E-state index is 12.3. The Morgan fingerprint density at radius 2 is 2.28 bits per heavy atom. The highest BCUT2D eigenvalue weighted by molar-refractivity contribution is 7.11. The van der Waals surface area contributed by atoms with Crippen molar-refractivity contribution in [3.8, 4) is 0 Å². The molecule has 2 aliphatic rings. The van der Waals surface area contributed by atoms with Gasteiger partial charge in [0.2, 0.25) is 0 Å². The van der Waals surface area contributed by atoms with E-state index in [4.69, 9.17) is 0 Å². The zero-order valence-corrected chi connectivity index (χ0v) is 11.3. The lowest BCUT2D eigenvalue weighted by atomic mass is 9.97. The zero-order valence-electron chi connectivity index (χ0n) is 10.5. The molecule has 2 fully saturated rings. The van der Waals surface area contributed by atoms with Crippen LogP contribution in [-0.2, 0) is 0 Å². The van der Waals surface area contributed by atoms with Crippen LogP contribution < -0.4 is 5.32 Å². The summed E-state index contributed by atoms with van der Waals surface area (Å²) in [4.78, 5) is 17.4. The molecule has 0 spiro atoms. The largest absolute Gasteiger partial charge is 0.394 e. The summed E-state index contributed by atoms with van der Waals surface area (Å²) in [5.41, 5.74) is 2.23. The van der Waals surface area contributed by atoms with Gasteiger partial charge in [-0.3, -0.25) is 4.79 Å². The molecule has 5 heteroatoms. The molecule has 18 heavy (non-hydrogen) atoms. The third-order valence-corrected chi connectivity index (χ3v) is 4.81. The summed E-state index contributed by atoms with van der Waals surface area (Å²) in [6.07, 6.45) is 4.47. The van der Waals surface area contributed by atoms with Crippen molar-refractivity contribution in [1.82, 2.24) is 10.3 Å². The maximum Gasteiger partial charge on any atom is 0.263 e. The number of nitrogens with zero attached hydrogens (tertiary/aromatic N) is 1. The maximum atomic E-state index is 12.3. The fourth-order valence-electron chi connectivity index (χ4n) is 2.38. The molecule has 3 rings (SSSR count). The standard InChI is InChI=1S/C13H18N2O2S/c1-13(6-16,9-4-5-9)15-12(17)11-10(8-2-3-8)14-7-18-11/h7-9,16H,2-6H2,1H3,(H,15,17). The summed E-state index contributed by atoms with van der Waals surface area (Å²) >= 11 is 1.40. The Morgan fingerprint density at radius 3 is 2.83 bits per heavy atom. The SMILES string of the molecule is CC(CO)(NC(=O)c1scnc1C1CC1)C1CC1. The molecular weight excluding hydrogens is 248 g/mol. The van der Waals surface area contributed by atoms with Crippen LogP contribution in [0.2, 0.25) is 0 Å². The molecule has 98 valence electrons. The fraction of sp³-hybridized carbons (Fsp3) is 0.692. The first kappa shape index (κ1) is 12.1. The number of aromatic nitrogens is 1. The van der Waals surface area contributed by atoms with E-state index in [1.807, 2.05) is 6.92 Å². The molecule has 1 heterocycles. The van der Waals surface area contributed by atoms with E-state index in [1.54, 1.807) is 5.51 Å². The molecule has 0 bridgehead atoms. The van der Waals surface area contributed by atoms with Gasteiger partial charge in [0.25, 0.3) is 5.91 Å².